The van der Waals surface area contributed by atoms with Crippen molar-refractivity contribution in [1.29, 1.82) is 0 Å². The Balaban J connectivity index is 1.22. The number of hydrogen-bond acceptors (Lipinski definition) is 1. The first-order valence-corrected chi connectivity index (χ1v) is 15.8. The van der Waals surface area contributed by atoms with Gasteiger partial charge in [-0.2, -0.15) is 0 Å². The third-order valence-corrected chi connectivity index (χ3v) is 9.74. The van der Waals surface area contributed by atoms with Crippen LogP contribution in [-0.4, -0.2) is 0 Å². The zero-order valence-electron chi connectivity index (χ0n) is 23.8. The molecule has 2 heteroatoms. The molecule has 44 heavy (non-hydrogen) atoms. The van der Waals surface area contributed by atoms with Crippen molar-refractivity contribution in [3.8, 4) is 11.1 Å². The zero-order chi connectivity index (χ0) is 29.2. The quantitative estimate of drug-likeness (QED) is 0.176. The fourth-order valence-corrected chi connectivity index (χ4v) is 7.42. The van der Waals surface area contributed by atoms with E-state index in [2.05, 4.69) is 179 Å². The fourth-order valence-electron chi connectivity index (χ4n) is 6.95. The van der Waals surface area contributed by atoms with Gasteiger partial charge >= 0.3 is 0 Å². The molecule has 0 saturated heterocycles. The molecule has 9 rings (SSSR count). The van der Waals surface area contributed by atoms with Gasteiger partial charge in [-0.15, -0.1) is 0 Å². The molecule has 9 aromatic carbocycles. The Morgan fingerprint density at radius 3 is 1.84 bits per heavy atom. The monoisotopic (exact) mass is 623 g/mol. The van der Waals surface area contributed by atoms with E-state index >= 15 is 0 Å². The van der Waals surface area contributed by atoms with E-state index in [1.807, 2.05) is 0 Å². The van der Waals surface area contributed by atoms with Gasteiger partial charge in [-0.05, 0) is 96.0 Å². The second-order valence-electron chi connectivity index (χ2n) is 11.5. The van der Waals surface area contributed by atoms with Gasteiger partial charge in [0.15, 0.2) is 0 Å². The van der Waals surface area contributed by atoms with Crippen molar-refractivity contribution >= 4 is 86.9 Å². The number of hydrogen-bond donors (Lipinski definition) is 0. The van der Waals surface area contributed by atoms with Gasteiger partial charge in [0.2, 0.25) is 0 Å². The molecule has 0 spiro atoms. The number of nitrogens with zero attached hydrogens (tertiary/aromatic N) is 1. The van der Waals surface area contributed by atoms with Gasteiger partial charge in [-0.3, -0.25) is 0 Å². The molecule has 206 valence electrons. The third-order valence-electron chi connectivity index (χ3n) is 9.05. The maximum Gasteiger partial charge on any atom is 0.0540 e. The van der Waals surface area contributed by atoms with Crippen molar-refractivity contribution < 1.29 is 0 Å². The van der Waals surface area contributed by atoms with E-state index in [9.17, 15) is 0 Å². The van der Waals surface area contributed by atoms with E-state index in [4.69, 9.17) is 0 Å². The minimum absolute atomic E-state index is 1.13. The smallest absolute Gasteiger partial charge is 0.0540 e. The molecule has 0 fully saturated rings. The maximum atomic E-state index is 3.79. The van der Waals surface area contributed by atoms with Crippen LogP contribution in [0.2, 0.25) is 0 Å². The van der Waals surface area contributed by atoms with E-state index in [1.54, 1.807) is 0 Å². The normalized spacial score (nSPS) is 11.8. The predicted molar refractivity (Wildman–Crippen MR) is 193 cm³/mol. The number of rotatable bonds is 4. The van der Waals surface area contributed by atoms with E-state index in [0.29, 0.717) is 0 Å². The molecule has 0 radical (unpaired) electrons. The van der Waals surface area contributed by atoms with Crippen molar-refractivity contribution in [3.63, 3.8) is 0 Å². The molecule has 0 aromatic heterocycles. The van der Waals surface area contributed by atoms with Crippen LogP contribution in [-0.2, 0) is 0 Å². The number of benzene rings is 9. The van der Waals surface area contributed by atoms with Crippen molar-refractivity contribution in [2.45, 2.75) is 0 Å². The van der Waals surface area contributed by atoms with Crippen molar-refractivity contribution in [1.82, 2.24) is 0 Å². The molecular formula is C42H26BrN. The molecule has 0 amide bonds. The Labute approximate surface area is 264 Å². The Hall–Kier alpha value is -5.18. The summed E-state index contributed by atoms with van der Waals surface area (Å²) in [6.07, 6.45) is 0. The highest BCUT2D eigenvalue weighted by Crippen LogP contribution is 2.43. The van der Waals surface area contributed by atoms with Gasteiger partial charge in [0.1, 0.15) is 0 Å². The van der Waals surface area contributed by atoms with Crippen LogP contribution in [0.3, 0.4) is 0 Å². The minimum Gasteiger partial charge on any atom is -0.310 e. The molecule has 0 aliphatic heterocycles. The summed E-state index contributed by atoms with van der Waals surface area (Å²) >= 11 is 3.79. The molecular weight excluding hydrogens is 598 g/mol. The Morgan fingerprint density at radius 2 is 1.00 bits per heavy atom. The molecule has 0 saturated carbocycles. The summed E-state index contributed by atoms with van der Waals surface area (Å²) in [6.45, 7) is 0. The highest BCUT2D eigenvalue weighted by atomic mass is 79.9. The second kappa shape index (κ2) is 9.94. The van der Waals surface area contributed by atoms with E-state index in [0.717, 1.165) is 15.8 Å². The largest absolute Gasteiger partial charge is 0.310 e. The van der Waals surface area contributed by atoms with Crippen LogP contribution in [0.15, 0.2) is 162 Å². The van der Waals surface area contributed by atoms with Crippen molar-refractivity contribution in [3.05, 3.63) is 162 Å². The van der Waals surface area contributed by atoms with E-state index in [-0.39, 0.29) is 0 Å². The van der Waals surface area contributed by atoms with E-state index in [1.165, 1.54) is 70.7 Å². The van der Waals surface area contributed by atoms with Gasteiger partial charge < -0.3 is 4.90 Å². The molecule has 0 aliphatic rings. The Morgan fingerprint density at radius 1 is 0.386 bits per heavy atom. The molecule has 0 aliphatic carbocycles. The van der Waals surface area contributed by atoms with Crippen LogP contribution >= 0.6 is 15.9 Å². The average Bonchev–Trinajstić information content (AvgIpc) is 3.08. The SMILES string of the molecule is Brc1ccc2ccc3c(-c4ccc(N(c5ccc6ccccc6c5)c5cccc6ccccc56)cc4)ccc4ccc1c2c43. The molecule has 1 nitrogen and oxygen atoms in total. The molecule has 0 bridgehead atoms. The van der Waals surface area contributed by atoms with Crippen LogP contribution in [0.5, 0.6) is 0 Å². The number of halogens is 1. The summed E-state index contributed by atoms with van der Waals surface area (Å²) in [5.41, 5.74) is 5.89. The van der Waals surface area contributed by atoms with Gasteiger partial charge in [0, 0.05) is 21.2 Å². The Kier molecular flexibility index (Phi) is 5.72. The van der Waals surface area contributed by atoms with E-state index < -0.39 is 0 Å². The van der Waals surface area contributed by atoms with Crippen LogP contribution in [0.25, 0.3) is 65.0 Å². The lowest BCUT2D eigenvalue weighted by molar-refractivity contribution is 1.30. The summed E-state index contributed by atoms with van der Waals surface area (Å²) < 4.78 is 1.14. The highest BCUT2D eigenvalue weighted by molar-refractivity contribution is 9.10. The van der Waals surface area contributed by atoms with Gasteiger partial charge in [-0.25, -0.2) is 0 Å². The molecule has 9 aromatic rings. The average molecular weight is 625 g/mol. The minimum atomic E-state index is 1.13. The van der Waals surface area contributed by atoms with Gasteiger partial charge in [0.05, 0.1) is 5.69 Å². The van der Waals surface area contributed by atoms with Crippen LogP contribution < -0.4 is 4.90 Å². The number of anilines is 3. The molecule has 0 heterocycles. The third kappa shape index (κ3) is 3.92. The summed E-state index contributed by atoms with van der Waals surface area (Å²) in [5, 5.41) is 12.7. The summed E-state index contributed by atoms with van der Waals surface area (Å²) in [5.74, 6) is 0. The number of fused-ring (bicyclic) bond motifs is 2. The predicted octanol–water partition coefficient (Wildman–Crippen LogP) is 12.8. The first kappa shape index (κ1) is 25.3. The van der Waals surface area contributed by atoms with Crippen molar-refractivity contribution in [2.75, 3.05) is 4.90 Å². The topological polar surface area (TPSA) is 3.24 Å². The molecule has 0 atom stereocenters. The maximum absolute atomic E-state index is 3.79. The van der Waals surface area contributed by atoms with Crippen LogP contribution in [0, 0.1) is 0 Å². The first-order chi connectivity index (χ1) is 21.7. The highest BCUT2D eigenvalue weighted by Gasteiger charge is 2.17. The van der Waals surface area contributed by atoms with Crippen LogP contribution in [0.1, 0.15) is 0 Å². The summed E-state index contributed by atoms with van der Waals surface area (Å²) in [4.78, 5) is 2.39. The lowest BCUT2D eigenvalue weighted by Gasteiger charge is -2.27. The first-order valence-electron chi connectivity index (χ1n) is 15.0. The lowest BCUT2D eigenvalue weighted by Crippen LogP contribution is -2.10. The van der Waals surface area contributed by atoms with Crippen molar-refractivity contribution in [2.24, 2.45) is 0 Å². The van der Waals surface area contributed by atoms with Gasteiger partial charge in [-0.1, -0.05) is 137 Å². The molecule has 0 N–H and O–H groups in total. The summed E-state index contributed by atoms with van der Waals surface area (Å²) in [7, 11) is 0. The summed E-state index contributed by atoms with van der Waals surface area (Å²) in [6, 6.07) is 57.5. The second-order valence-corrected chi connectivity index (χ2v) is 12.3. The van der Waals surface area contributed by atoms with Gasteiger partial charge in [0.25, 0.3) is 0 Å². The Bertz CT molecular complexity index is 2510. The standard InChI is InChI=1S/C42H26BrN/c43-39-25-18-31-16-23-37-35(22-15-30-17-24-38(39)42(31)41(30)37)29-13-19-33(20-14-29)44(34-21-12-27-6-1-2-8-32(27)26-34)40-11-5-9-28-7-3-4-10-36(28)40/h1-26H. The fraction of sp³-hybridized carbons (Fsp3) is 0. The van der Waals surface area contributed by atoms with Crippen LogP contribution in [0.4, 0.5) is 17.1 Å². The zero-order valence-corrected chi connectivity index (χ0v) is 25.4. The lowest BCUT2D eigenvalue weighted by atomic mass is 9.90. The molecule has 0 unspecified atom stereocenters.